The third-order valence-electron chi connectivity index (χ3n) is 4.02. The molecule has 4 rings (SSSR count). The molecule has 1 aliphatic rings. The standard InChI is InChI=1S/C18H10N6O2/c19-8-10(18-21-23-24-22-18)9-20-11-5-6-14-15(7-11)17(26)13-4-2-1-3-12(13)16(14)25/h1-7,9,20H,(H,21,22,23,24). The first-order chi connectivity index (χ1) is 12.7. The van der Waals surface area contributed by atoms with E-state index in [-0.39, 0.29) is 23.0 Å². The Balaban J connectivity index is 1.69. The molecule has 0 fully saturated rings. The number of rotatable bonds is 3. The number of H-pyrrole nitrogens is 1. The Kier molecular flexibility index (Phi) is 3.60. The molecule has 26 heavy (non-hydrogen) atoms. The van der Waals surface area contributed by atoms with Crippen LogP contribution >= 0.6 is 0 Å². The molecule has 2 aromatic carbocycles. The van der Waals surface area contributed by atoms with E-state index >= 15 is 0 Å². The Labute approximate surface area is 147 Å². The minimum absolute atomic E-state index is 0.151. The molecule has 1 heterocycles. The minimum Gasteiger partial charge on any atom is -0.360 e. The van der Waals surface area contributed by atoms with Crippen molar-refractivity contribution in [2.24, 2.45) is 0 Å². The van der Waals surface area contributed by atoms with Crippen LogP contribution in [-0.4, -0.2) is 32.2 Å². The quantitative estimate of drug-likeness (QED) is 0.545. The molecule has 0 radical (unpaired) electrons. The van der Waals surface area contributed by atoms with Gasteiger partial charge < -0.3 is 5.32 Å². The number of allylic oxidation sites excluding steroid dienone is 1. The van der Waals surface area contributed by atoms with Gasteiger partial charge in [0.2, 0.25) is 5.82 Å². The summed E-state index contributed by atoms with van der Waals surface area (Å²) >= 11 is 0. The zero-order valence-corrected chi connectivity index (χ0v) is 13.2. The lowest BCUT2D eigenvalue weighted by atomic mass is 9.84. The molecule has 8 nitrogen and oxygen atoms in total. The summed E-state index contributed by atoms with van der Waals surface area (Å²) in [5.74, 6) is -0.235. The number of hydrogen-bond acceptors (Lipinski definition) is 7. The Morgan fingerprint density at radius 3 is 2.38 bits per heavy atom. The van der Waals surface area contributed by atoms with Crippen molar-refractivity contribution >= 4 is 22.8 Å². The molecule has 1 aromatic heterocycles. The highest BCUT2D eigenvalue weighted by Gasteiger charge is 2.29. The van der Waals surface area contributed by atoms with Crippen LogP contribution in [0.4, 0.5) is 5.69 Å². The fourth-order valence-electron chi connectivity index (χ4n) is 2.77. The molecule has 1 aliphatic carbocycles. The summed E-state index contributed by atoms with van der Waals surface area (Å²) in [7, 11) is 0. The van der Waals surface area contributed by atoms with E-state index in [4.69, 9.17) is 0 Å². The third kappa shape index (κ3) is 2.44. The van der Waals surface area contributed by atoms with Gasteiger partial charge >= 0.3 is 0 Å². The van der Waals surface area contributed by atoms with Crippen LogP contribution in [0.5, 0.6) is 0 Å². The highest BCUT2D eigenvalue weighted by Crippen LogP contribution is 2.29. The molecule has 2 N–H and O–H groups in total. The molecule has 0 saturated heterocycles. The van der Waals surface area contributed by atoms with Crippen molar-refractivity contribution in [1.29, 1.82) is 5.26 Å². The van der Waals surface area contributed by atoms with Crippen LogP contribution in [0, 0.1) is 11.3 Å². The van der Waals surface area contributed by atoms with E-state index in [1.807, 2.05) is 6.07 Å². The van der Waals surface area contributed by atoms with Crippen LogP contribution in [0.15, 0.2) is 48.7 Å². The van der Waals surface area contributed by atoms with E-state index < -0.39 is 0 Å². The number of hydrogen-bond donors (Lipinski definition) is 2. The maximum Gasteiger partial charge on any atom is 0.216 e. The highest BCUT2D eigenvalue weighted by atomic mass is 16.1. The molecule has 3 aromatic rings. The van der Waals surface area contributed by atoms with Crippen LogP contribution in [0.1, 0.15) is 37.7 Å². The summed E-state index contributed by atoms with van der Waals surface area (Å²) in [4.78, 5) is 25.3. The van der Waals surface area contributed by atoms with Crippen molar-refractivity contribution in [3.05, 3.63) is 76.7 Å². The van der Waals surface area contributed by atoms with Crippen LogP contribution in [0.25, 0.3) is 5.57 Å². The number of aromatic nitrogens is 4. The number of nitrogens with zero attached hydrogens (tertiary/aromatic N) is 4. The van der Waals surface area contributed by atoms with Gasteiger partial charge in [-0.25, -0.2) is 0 Å². The largest absolute Gasteiger partial charge is 0.360 e. The van der Waals surface area contributed by atoms with Crippen molar-refractivity contribution in [3.63, 3.8) is 0 Å². The Bertz CT molecular complexity index is 1110. The van der Waals surface area contributed by atoms with E-state index in [2.05, 4.69) is 25.9 Å². The number of nitriles is 1. The van der Waals surface area contributed by atoms with Gasteiger partial charge in [-0.05, 0) is 23.4 Å². The fraction of sp³-hybridized carbons (Fsp3) is 0. The Morgan fingerprint density at radius 1 is 1.04 bits per heavy atom. The second-order valence-electron chi connectivity index (χ2n) is 5.51. The molecule has 0 amide bonds. The average molecular weight is 342 g/mol. The van der Waals surface area contributed by atoms with Gasteiger partial charge in [0.15, 0.2) is 11.6 Å². The van der Waals surface area contributed by atoms with Crippen molar-refractivity contribution in [2.75, 3.05) is 5.32 Å². The smallest absolute Gasteiger partial charge is 0.216 e. The van der Waals surface area contributed by atoms with E-state index in [1.165, 1.54) is 6.20 Å². The molecule has 0 saturated carbocycles. The Morgan fingerprint density at radius 2 is 1.73 bits per heavy atom. The highest BCUT2D eigenvalue weighted by molar-refractivity contribution is 6.28. The first-order valence-electron chi connectivity index (χ1n) is 7.62. The first kappa shape index (κ1) is 15.4. The number of fused-ring (bicyclic) bond motifs is 2. The third-order valence-corrected chi connectivity index (χ3v) is 4.02. The van der Waals surface area contributed by atoms with Crippen LogP contribution in [0.3, 0.4) is 0 Å². The van der Waals surface area contributed by atoms with E-state index in [9.17, 15) is 14.9 Å². The van der Waals surface area contributed by atoms with Crippen molar-refractivity contribution in [2.45, 2.75) is 0 Å². The van der Waals surface area contributed by atoms with Gasteiger partial charge in [0.25, 0.3) is 0 Å². The molecular formula is C18H10N6O2. The van der Waals surface area contributed by atoms with Gasteiger partial charge in [0.05, 0.1) is 0 Å². The summed E-state index contributed by atoms with van der Waals surface area (Å²) in [5, 5.41) is 25.3. The zero-order valence-electron chi connectivity index (χ0n) is 13.2. The number of ketones is 2. The van der Waals surface area contributed by atoms with Gasteiger partial charge in [-0.2, -0.15) is 10.5 Å². The van der Waals surface area contributed by atoms with Crippen molar-refractivity contribution in [3.8, 4) is 6.07 Å². The molecule has 0 atom stereocenters. The summed E-state index contributed by atoms with van der Waals surface area (Å²) in [5.41, 5.74) is 2.22. The summed E-state index contributed by atoms with van der Waals surface area (Å²) in [6.45, 7) is 0. The number of benzene rings is 2. The van der Waals surface area contributed by atoms with Crippen LogP contribution < -0.4 is 5.32 Å². The van der Waals surface area contributed by atoms with Crippen LogP contribution in [-0.2, 0) is 0 Å². The number of nitrogens with one attached hydrogen (secondary N) is 2. The summed E-state index contributed by atoms with van der Waals surface area (Å²) < 4.78 is 0. The second kappa shape index (κ2) is 6.07. The van der Waals surface area contributed by atoms with Crippen molar-refractivity contribution in [1.82, 2.24) is 20.6 Å². The van der Waals surface area contributed by atoms with Crippen LogP contribution in [0.2, 0.25) is 0 Å². The number of tetrazole rings is 1. The van der Waals surface area contributed by atoms with E-state index in [1.54, 1.807) is 42.5 Å². The van der Waals surface area contributed by atoms with Gasteiger partial charge in [-0.1, -0.05) is 24.3 Å². The second-order valence-corrected chi connectivity index (χ2v) is 5.51. The monoisotopic (exact) mass is 342 g/mol. The average Bonchev–Trinajstić information content (AvgIpc) is 3.21. The van der Waals surface area contributed by atoms with E-state index in [0.717, 1.165) is 0 Å². The lowest BCUT2D eigenvalue weighted by molar-refractivity contribution is 0.0979. The normalized spacial score (nSPS) is 13.0. The van der Waals surface area contributed by atoms with Gasteiger partial charge in [0.1, 0.15) is 11.6 Å². The van der Waals surface area contributed by atoms with Gasteiger partial charge in [0, 0.05) is 34.1 Å². The maximum atomic E-state index is 12.7. The molecule has 8 heteroatoms. The fourth-order valence-corrected chi connectivity index (χ4v) is 2.77. The molecule has 0 spiro atoms. The predicted molar refractivity (Wildman–Crippen MR) is 91.1 cm³/mol. The molecule has 0 unspecified atom stereocenters. The zero-order chi connectivity index (χ0) is 18.1. The Hall–Kier alpha value is -4.12. The van der Waals surface area contributed by atoms with E-state index in [0.29, 0.717) is 27.9 Å². The molecular weight excluding hydrogens is 332 g/mol. The predicted octanol–water partition coefficient (Wildman–Crippen LogP) is 1.95. The van der Waals surface area contributed by atoms with Gasteiger partial charge in [-0.15, -0.1) is 10.2 Å². The minimum atomic E-state index is -0.207. The summed E-state index contributed by atoms with van der Waals surface area (Å²) in [6.07, 6.45) is 1.41. The molecule has 0 bridgehead atoms. The van der Waals surface area contributed by atoms with Gasteiger partial charge in [-0.3, -0.25) is 9.59 Å². The summed E-state index contributed by atoms with van der Waals surface area (Å²) in [6, 6.07) is 13.6. The SMILES string of the molecule is N#CC(=CNc1ccc2c(c1)C(=O)c1ccccc1C2=O)c1nn[nH]n1. The number of carbonyl (C=O) groups excluding carboxylic acids is 2. The molecule has 0 aliphatic heterocycles. The molecule has 124 valence electrons. The lowest BCUT2D eigenvalue weighted by Gasteiger charge is -2.18. The first-order valence-corrected chi connectivity index (χ1v) is 7.62. The topological polar surface area (TPSA) is 124 Å². The number of carbonyl (C=O) groups is 2. The van der Waals surface area contributed by atoms with Crippen molar-refractivity contribution < 1.29 is 9.59 Å². The lowest BCUT2D eigenvalue weighted by Crippen LogP contribution is -2.20. The number of anilines is 1. The maximum absolute atomic E-state index is 12.7. The number of aromatic amines is 1.